The summed E-state index contributed by atoms with van der Waals surface area (Å²) in [4.78, 5) is 11.7. The van der Waals surface area contributed by atoms with E-state index in [2.05, 4.69) is 26.5 Å². The highest BCUT2D eigenvalue weighted by atomic mass is 79.9. The Hall–Kier alpha value is -2.08. The lowest BCUT2D eigenvalue weighted by Crippen LogP contribution is -2.16. The van der Waals surface area contributed by atoms with E-state index in [-0.39, 0.29) is 11.7 Å². The third kappa shape index (κ3) is 3.48. The number of halogens is 1. The average Bonchev–Trinajstić information content (AvgIpc) is 2.85. The van der Waals surface area contributed by atoms with Crippen molar-refractivity contribution in [2.45, 2.75) is 6.92 Å². The number of amides is 1. The molecular formula is C14H13BrN2O3. The summed E-state index contributed by atoms with van der Waals surface area (Å²) in [7, 11) is 1.60. The predicted octanol–water partition coefficient (Wildman–Crippen LogP) is 3.12. The number of ether oxygens (including phenoxy) is 1. The van der Waals surface area contributed by atoms with Crippen LogP contribution in [0.3, 0.4) is 0 Å². The maximum atomic E-state index is 11.7. The number of hydrogen-bond donors (Lipinski definition) is 1. The van der Waals surface area contributed by atoms with Crippen LogP contribution in [0.1, 0.15) is 21.9 Å². The van der Waals surface area contributed by atoms with Gasteiger partial charge in [0, 0.05) is 0 Å². The van der Waals surface area contributed by atoms with Crippen LogP contribution in [0.4, 0.5) is 0 Å². The molecule has 1 amide bonds. The number of hydrazone groups is 1. The number of aryl methyl sites for hydroxylation is 1. The van der Waals surface area contributed by atoms with E-state index in [4.69, 9.17) is 9.15 Å². The molecule has 2 rings (SSSR count). The second-order valence-corrected chi connectivity index (χ2v) is 4.86. The molecular weight excluding hydrogens is 324 g/mol. The summed E-state index contributed by atoms with van der Waals surface area (Å²) in [5, 5.41) is 3.88. The molecule has 2 aromatic rings. The first-order valence-corrected chi connectivity index (χ1v) is 6.63. The zero-order chi connectivity index (χ0) is 14.5. The fourth-order valence-electron chi connectivity index (χ4n) is 1.54. The highest BCUT2D eigenvalue weighted by Crippen LogP contribution is 2.24. The van der Waals surface area contributed by atoms with E-state index in [9.17, 15) is 4.79 Å². The number of carbonyl (C=O) groups is 1. The number of rotatable bonds is 4. The molecule has 1 aromatic heterocycles. The van der Waals surface area contributed by atoms with Crippen molar-refractivity contribution in [1.29, 1.82) is 0 Å². The minimum absolute atomic E-state index is 0.232. The van der Waals surface area contributed by atoms with Crippen molar-refractivity contribution < 1.29 is 13.9 Å². The Morgan fingerprint density at radius 3 is 2.80 bits per heavy atom. The highest BCUT2D eigenvalue weighted by molar-refractivity contribution is 9.10. The zero-order valence-electron chi connectivity index (χ0n) is 11.0. The minimum Gasteiger partial charge on any atom is -0.496 e. The minimum atomic E-state index is -0.387. The molecule has 5 nitrogen and oxygen atoms in total. The van der Waals surface area contributed by atoms with Gasteiger partial charge in [0.1, 0.15) is 11.5 Å². The van der Waals surface area contributed by atoms with Gasteiger partial charge in [0.05, 0.1) is 17.8 Å². The molecule has 104 valence electrons. The first-order valence-electron chi connectivity index (χ1n) is 5.83. The SMILES string of the molecule is COc1ccc(/C=N/NC(=O)c2ccc(C)o2)cc1Br. The van der Waals surface area contributed by atoms with Gasteiger partial charge in [-0.1, -0.05) is 0 Å². The van der Waals surface area contributed by atoms with Gasteiger partial charge in [0.25, 0.3) is 0 Å². The van der Waals surface area contributed by atoms with Gasteiger partial charge in [-0.05, 0) is 58.7 Å². The number of carbonyl (C=O) groups excluding carboxylic acids is 1. The first kappa shape index (κ1) is 14.3. The first-order chi connectivity index (χ1) is 9.60. The topological polar surface area (TPSA) is 63.8 Å². The van der Waals surface area contributed by atoms with E-state index in [0.717, 1.165) is 15.8 Å². The molecule has 0 aliphatic rings. The van der Waals surface area contributed by atoms with Crippen LogP contribution in [-0.4, -0.2) is 19.2 Å². The Morgan fingerprint density at radius 2 is 2.20 bits per heavy atom. The van der Waals surface area contributed by atoms with E-state index < -0.39 is 0 Å². The van der Waals surface area contributed by atoms with Gasteiger partial charge < -0.3 is 9.15 Å². The van der Waals surface area contributed by atoms with Crippen molar-refractivity contribution in [3.8, 4) is 5.75 Å². The molecule has 0 aliphatic heterocycles. The van der Waals surface area contributed by atoms with Crippen LogP contribution < -0.4 is 10.2 Å². The van der Waals surface area contributed by atoms with E-state index in [0.29, 0.717) is 5.76 Å². The molecule has 1 heterocycles. The van der Waals surface area contributed by atoms with Crippen LogP contribution in [0, 0.1) is 6.92 Å². The molecule has 0 aliphatic carbocycles. The molecule has 0 unspecified atom stereocenters. The lowest BCUT2D eigenvalue weighted by molar-refractivity contribution is 0.0926. The van der Waals surface area contributed by atoms with Crippen molar-refractivity contribution >= 4 is 28.1 Å². The molecule has 6 heteroatoms. The van der Waals surface area contributed by atoms with Crippen LogP contribution in [-0.2, 0) is 0 Å². The molecule has 0 radical (unpaired) electrons. The Labute approximate surface area is 124 Å². The molecule has 0 atom stereocenters. The second kappa shape index (κ2) is 6.38. The number of hydrogen-bond acceptors (Lipinski definition) is 4. The predicted molar refractivity (Wildman–Crippen MR) is 79.2 cm³/mol. The van der Waals surface area contributed by atoms with Crippen molar-refractivity contribution in [3.05, 3.63) is 51.9 Å². The quantitative estimate of drug-likeness (QED) is 0.689. The number of methoxy groups -OCH3 is 1. The van der Waals surface area contributed by atoms with Gasteiger partial charge in [-0.3, -0.25) is 4.79 Å². The van der Waals surface area contributed by atoms with Crippen LogP contribution in [0.2, 0.25) is 0 Å². The Balaban J connectivity index is 2.00. The van der Waals surface area contributed by atoms with Crippen LogP contribution >= 0.6 is 15.9 Å². The van der Waals surface area contributed by atoms with Crippen molar-refractivity contribution in [3.63, 3.8) is 0 Å². The van der Waals surface area contributed by atoms with Crippen molar-refractivity contribution in [1.82, 2.24) is 5.43 Å². The number of benzene rings is 1. The molecule has 1 N–H and O–H groups in total. The summed E-state index contributed by atoms with van der Waals surface area (Å²) in [5.41, 5.74) is 3.23. The van der Waals surface area contributed by atoms with Crippen LogP contribution in [0.5, 0.6) is 5.75 Å². The van der Waals surface area contributed by atoms with Crippen molar-refractivity contribution in [2.75, 3.05) is 7.11 Å². The van der Waals surface area contributed by atoms with Crippen molar-refractivity contribution in [2.24, 2.45) is 5.10 Å². The number of nitrogens with one attached hydrogen (secondary N) is 1. The number of nitrogens with zero attached hydrogens (tertiary/aromatic N) is 1. The fourth-order valence-corrected chi connectivity index (χ4v) is 2.10. The third-order valence-corrected chi connectivity index (χ3v) is 3.14. The molecule has 0 fully saturated rings. The van der Waals surface area contributed by atoms with Crippen LogP contribution in [0.25, 0.3) is 0 Å². The second-order valence-electron chi connectivity index (χ2n) is 4.00. The van der Waals surface area contributed by atoms with Gasteiger partial charge in [-0.15, -0.1) is 0 Å². The van der Waals surface area contributed by atoms with E-state index in [1.807, 2.05) is 18.2 Å². The molecule has 0 saturated carbocycles. The van der Waals surface area contributed by atoms with E-state index in [1.54, 1.807) is 26.2 Å². The maximum absolute atomic E-state index is 11.7. The largest absolute Gasteiger partial charge is 0.496 e. The Bertz CT molecular complexity index is 650. The summed E-state index contributed by atoms with van der Waals surface area (Å²) < 4.78 is 11.1. The molecule has 1 aromatic carbocycles. The molecule has 20 heavy (non-hydrogen) atoms. The van der Waals surface area contributed by atoms with Gasteiger partial charge >= 0.3 is 5.91 Å². The summed E-state index contributed by atoms with van der Waals surface area (Å²) >= 11 is 3.38. The third-order valence-electron chi connectivity index (χ3n) is 2.52. The highest BCUT2D eigenvalue weighted by Gasteiger charge is 2.08. The normalized spacial score (nSPS) is 10.8. The standard InChI is InChI=1S/C14H13BrN2O3/c1-9-3-5-13(20-9)14(18)17-16-8-10-4-6-12(19-2)11(15)7-10/h3-8H,1-2H3,(H,17,18)/b16-8+. The van der Waals surface area contributed by atoms with E-state index >= 15 is 0 Å². The summed E-state index contributed by atoms with van der Waals surface area (Å²) in [6.45, 7) is 1.77. The lowest BCUT2D eigenvalue weighted by atomic mass is 10.2. The molecule has 0 spiro atoms. The van der Waals surface area contributed by atoms with Gasteiger partial charge in [0.2, 0.25) is 0 Å². The zero-order valence-corrected chi connectivity index (χ0v) is 12.6. The Morgan fingerprint density at radius 1 is 1.40 bits per heavy atom. The smallest absolute Gasteiger partial charge is 0.307 e. The van der Waals surface area contributed by atoms with Gasteiger partial charge in [-0.2, -0.15) is 5.10 Å². The molecule has 0 bridgehead atoms. The number of furan rings is 1. The lowest BCUT2D eigenvalue weighted by Gasteiger charge is -2.03. The van der Waals surface area contributed by atoms with E-state index in [1.165, 1.54) is 6.21 Å². The Kier molecular flexibility index (Phi) is 4.57. The summed E-state index contributed by atoms with van der Waals surface area (Å²) in [5.74, 6) is 1.26. The molecule has 0 saturated heterocycles. The fraction of sp³-hybridized carbons (Fsp3) is 0.143. The average molecular weight is 337 g/mol. The summed E-state index contributed by atoms with van der Waals surface area (Å²) in [6.07, 6.45) is 1.54. The monoisotopic (exact) mass is 336 g/mol. The summed E-state index contributed by atoms with van der Waals surface area (Å²) in [6, 6.07) is 8.80. The van der Waals surface area contributed by atoms with Gasteiger partial charge in [-0.25, -0.2) is 5.43 Å². The van der Waals surface area contributed by atoms with Crippen LogP contribution in [0.15, 0.2) is 44.3 Å². The van der Waals surface area contributed by atoms with Gasteiger partial charge in [0.15, 0.2) is 5.76 Å². The maximum Gasteiger partial charge on any atom is 0.307 e.